The fourth-order valence-electron chi connectivity index (χ4n) is 0.848. The highest BCUT2D eigenvalue weighted by Crippen LogP contribution is 2.12. The molecule has 13 heavy (non-hydrogen) atoms. The normalized spacial score (nSPS) is 9.62. The van der Waals surface area contributed by atoms with Crippen LogP contribution >= 0.6 is 11.8 Å². The van der Waals surface area contributed by atoms with Crippen molar-refractivity contribution in [2.24, 2.45) is 5.73 Å². The molecule has 3 N–H and O–H groups in total. The van der Waals surface area contributed by atoms with E-state index in [0.29, 0.717) is 5.56 Å². The maximum atomic E-state index is 11.3. The number of nitrogens with one attached hydrogen (secondary N) is 1. The van der Waals surface area contributed by atoms with Crippen LogP contribution in [0.15, 0.2) is 24.3 Å². The molecule has 0 saturated carbocycles. The van der Waals surface area contributed by atoms with Crippen LogP contribution in [0.2, 0.25) is 0 Å². The molecule has 1 aromatic carbocycles. The van der Waals surface area contributed by atoms with Crippen LogP contribution in [-0.2, 0) is 0 Å². The molecule has 0 saturated heterocycles. The zero-order valence-corrected chi connectivity index (χ0v) is 8.02. The molecule has 1 rings (SSSR count). The lowest BCUT2D eigenvalue weighted by atomic mass is 10.2. The average Bonchev–Trinajstić information content (AvgIpc) is 2.04. The largest absolute Gasteiger partial charge is 0.378 e. The fourth-order valence-corrected chi connectivity index (χ4v) is 1.30. The van der Waals surface area contributed by atoms with Gasteiger partial charge < -0.3 is 5.73 Å². The third-order valence-corrected chi connectivity index (χ3v) is 2.13. The molecule has 0 spiro atoms. The third-order valence-electron chi connectivity index (χ3n) is 1.49. The summed E-state index contributed by atoms with van der Waals surface area (Å²) in [6.07, 6.45) is 0. The highest BCUT2D eigenvalue weighted by Gasteiger charge is 2.06. The van der Waals surface area contributed by atoms with Crippen molar-refractivity contribution < 1.29 is 4.79 Å². The fraction of sp³-hybridized carbons (Fsp3) is 0.111. The van der Waals surface area contributed by atoms with Gasteiger partial charge in [0.2, 0.25) is 5.12 Å². The molecule has 1 aromatic rings. The molecule has 0 aliphatic rings. The van der Waals surface area contributed by atoms with Gasteiger partial charge in [-0.25, -0.2) is 0 Å². The van der Waals surface area contributed by atoms with Gasteiger partial charge in [0.1, 0.15) is 0 Å². The Balaban J connectivity index is 2.78. The Kier molecular flexibility index (Phi) is 3.08. The second-order valence-corrected chi connectivity index (χ2v) is 3.63. The number of hydrogen-bond donors (Lipinski definition) is 2. The predicted molar refractivity (Wildman–Crippen MR) is 55.0 cm³/mol. The van der Waals surface area contributed by atoms with Crippen molar-refractivity contribution in [3.8, 4) is 0 Å². The van der Waals surface area contributed by atoms with E-state index in [-0.39, 0.29) is 10.3 Å². The lowest BCUT2D eigenvalue weighted by Gasteiger charge is -1.98. The monoisotopic (exact) mass is 194 g/mol. The molecular weight excluding hydrogens is 184 g/mol. The minimum Gasteiger partial charge on any atom is -0.378 e. The molecule has 0 atom stereocenters. The number of nitrogens with two attached hydrogens (primary N) is 1. The molecule has 0 aromatic heterocycles. The van der Waals surface area contributed by atoms with Crippen molar-refractivity contribution in [3.05, 3.63) is 35.4 Å². The standard InChI is InChI=1S/C9H10N2OS/c1-6-2-4-7(5-3-6)8(12)13-9(10)11/h2-5H,1H3,(H3,10,11). The number of benzene rings is 1. The first-order valence-corrected chi connectivity index (χ1v) is 4.54. The smallest absolute Gasteiger partial charge is 0.226 e. The lowest BCUT2D eigenvalue weighted by Crippen LogP contribution is -2.08. The van der Waals surface area contributed by atoms with E-state index in [1.165, 1.54) is 0 Å². The van der Waals surface area contributed by atoms with Gasteiger partial charge in [-0.05, 0) is 18.7 Å². The number of carbonyl (C=O) groups excluding carboxylic acids is 1. The summed E-state index contributed by atoms with van der Waals surface area (Å²) in [5.74, 6) is 0. The summed E-state index contributed by atoms with van der Waals surface area (Å²) in [4.78, 5) is 11.3. The maximum absolute atomic E-state index is 11.3. The summed E-state index contributed by atoms with van der Waals surface area (Å²) >= 11 is 0.736. The van der Waals surface area contributed by atoms with E-state index >= 15 is 0 Å². The topological polar surface area (TPSA) is 66.9 Å². The number of carbonyl (C=O) groups is 1. The van der Waals surface area contributed by atoms with Crippen LogP contribution in [0, 0.1) is 12.3 Å². The minimum atomic E-state index is -0.187. The zero-order valence-electron chi connectivity index (χ0n) is 7.20. The molecule has 0 amide bonds. The van der Waals surface area contributed by atoms with Crippen molar-refractivity contribution in [1.82, 2.24) is 0 Å². The first kappa shape index (κ1) is 9.80. The van der Waals surface area contributed by atoms with Gasteiger partial charge in [-0.1, -0.05) is 29.8 Å². The van der Waals surface area contributed by atoms with Crippen molar-refractivity contribution >= 4 is 22.0 Å². The Labute approximate surface area is 80.8 Å². The average molecular weight is 194 g/mol. The summed E-state index contributed by atoms with van der Waals surface area (Å²) in [6, 6.07) is 7.17. The Hall–Kier alpha value is -1.29. The molecular formula is C9H10N2OS. The van der Waals surface area contributed by atoms with Crippen molar-refractivity contribution in [1.29, 1.82) is 5.41 Å². The van der Waals surface area contributed by atoms with Crippen LogP contribution in [0.5, 0.6) is 0 Å². The van der Waals surface area contributed by atoms with E-state index in [0.717, 1.165) is 17.3 Å². The number of hydrogen-bond acceptors (Lipinski definition) is 3. The second-order valence-electron chi connectivity index (χ2n) is 2.62. The molecule has 0 unspecified atom stereocenters. The predicted octanol–water partition coefficient (Wildman–Crippen LogP) is 1.76. The van der Waals surface area contributed by atoms with Crippen LogP contribution < -0.4 is 5.73 Å². The molecule has 0 fully saturated rings. The molecule has 0 aliphatic heterocycles. The van der Waals surface area contributed by atoms with Crippen molar-refractivity contribution in [2.45, 2.75) is 6.92 Å². The highest BCUT2D eigenvalue weighted by atomic mass is 32.2. The van der Waals surface area contributed by atoms with Gasteiger partial charge in [0.25, 0.3) is 0 Å². The molecule has 0 radical (unpaired) electrons. The molecule has 3 nitrogen and oxygen atoms in total. The van der Waals surface area contributed by atoms with Gasteiger partial charge in [-0.2, -0.15) is 0 Å². The zero-order chi connectivity index (χ0) is 9.84. The van der Waals surface area contributed by atoms with E-state index in [1.54, 1.807) is 12.1 Å². The van der Waals surface area contributed by atoms with Gasteiger partial charge in [-0.15, -0.1) is 0 Å². The van der Waals surface area contributed by atoms with Crippen molar-refractivity contribution in [3.63, 3.8) is 0 Å². The van der Waals surface area contributed by atoms with Gasteiger partial charge in [0.15, 0.2) is 5.17 Å². The number of amidine groups is 1. The minimum absolute atomic E-state index is 0.175. The summed E-state index contributed by atoms with van der Waals surface area (Å²) < 4.78 is 0. The van der Waals surface area contributed by atoms with Crippen molar-refractivity contribution in [2.75, 3.05) is 0 Å². The molecule has 0 aliphatic carbocycles. The number of thioether (sulfide) groups is 1. The van der Waals surface area contributed by atoms with Crippen LogP contribution in [-0.4, -0.2) is 10.3 Å². The summed E-state index contributed by atoms with van der Waals surface area (Å²) in [6.45, 7) is 1.95. The van der Waals surface area contributed by atoms with Crippen LogP contribution in [0.4, 0.5) is 0 Å². The Morgan fingerprint density at radius 3 is 2.38 bits per heavy atom. The second kappa shape index (κ2) is 4.09. The van der Waals surface area contributed by atoms with E-state index in [4.69, 9.17) is 11.1 Å². The summed E-state index contributed by atoms with van der Waals surface area (Å²) in [7, 11) is 0. The Bertz CT molecular complexity index is 332. The van der Waals surface area contributed by atoms with Gasteiger partial charge in [0, 0.05) is 5.56 Å². The highest BCUT2D eigenvalue weighted by molar-refractivity contribution is 8.26. The molecule has 68 valence electrons. The molecule has 0 heterocycles. The van der Waals surface area contributed by atoms with E-state index < -0.39 is 0 Å². The summed E-state index contributed by atoms with van der Waals surface area (Å²) in [5.41, 5.74) is 6.76. The summed E-state index contributed by atoms with van der Waals surface area (Å²) in [5, 5.41) is 6.57. The Morgan fingerprint density at radius 1 is 1.38 bits per heavy atom. The quantitative estimate of drug-likeness (QED) is 0.528. The van der Waals surface area contributed by atoms with E-state index in [2.05, 4.69) is 0 Å². The molecule has 0 bridgehead atoms. The van der Waals surface area contributed by atoms with E-state index in [9.17, 15) is 4.79 Å². The van der Waals surface area contributed by atoms with Gasteiger partial charge in [-0.3, -0.25) is 10.2 Å². The van der Waals surface area contributed by atoms with Gasteiger partial charge >= 0.3 is 0 Å². The Morgan fingerprint density at radius 2 is 1.92 bits per heavy atom. The first-order chi connectivity index (χ1) is 6.09. The maximum Gasteiger partial charge on any atom is 0.226 e. The van der Waals surface area contributed by atoms with Crippen LogP contribution in [0.25, 0.3) is 0 Å². The van der Waals surface area contributed by atoms with Gasteiger partial charge in [0.05, 0.1) is 0 Å². The van der Waals surface area contributed by atoms with E-state index in [1.807, 2.05) is 19.1 Å². The first-order valence-electron chi connectivity index (χ1n) is 3.72. The number of rotatable bonds is 1. The lowest BCUT2D eigenvalue weighted by molar-refractivity contribution is 0.109. The third kappa shape index (κ3) is 2.91. The SMILES string of the molecule is Cc1ccc(C(=O)SC(=N)N)cc1. The molecule has 4 heteroatoms. The number of aryl methyl sites for hydroxylation is 1. The van der Waals surface area contributed by atoms with Crippen LogP contribution in [0.3, 0.4) is 0 Å². The van der Waals surface area contributed by atoms with Crippen LogP contribution in [0.1, 0.15) is 15.9 Å².